The molecule has 8 heteroatoms. The Labute approximate surface area is 302 Å². The number of aliphatic hydroxyl groups excluding tert-OH is 3. The van der Waals surface area contributed by atoms with Gasteiger partial charge < -0.3 is 25.2 Å². The van der Waals surface area contributed by atoms with E-state index in [1.807, 2.05) is 61.6 Å². The fourth-order valence-corrected chi connectivity index (χ4v) is 10.2. The van der Waals surface area contributed by atoms with Crippen molar-refractivity contribution in [1.29, 1.82) is 0 Å². The summed E-state index contributed by atoms with van der Waals surface area (Å²) in [6, 6.07) is 9.97. The predicted molar refractivity (Wildman–Crippen MR) is 194 cm³/mol. The summed E-state index contributed by atoms with van der Waals surface area (Å²) >= 11 is 0. The Balaban J connectivity index is 0.961. The first-order chi connectivity index (χ1) is 24.4. The van der Waals surface area contributed by atoms with Gasteiger partial charge >= 0.3 is 11.9 Å². The molecule has 6 rings (SSSR count). The first-order valence-electron chi connectivity index (χ1n) is 19.2. The van der Waals surface area contributed by atoms with Gasteiger partial charge in [-0.1, -0.05) is 85.7 Å². The molecule has 8 nitrogen and oxygen atoms in total. The lowest BCUT2D eigenvalue weighted by atomic mass is 9.50. The molecule has 0 spiro atoms. The molecule has 3 saturated carbocycles. The SMILES string of the molecule is C[C@]12CCC(=O)C=C1CC[C@@H]1C2=CC[C@@]2(C)[C@H]1CC[C@]2(O)C(=O)OC(=O)CCC/C=C\C[C@@H]1[C@@H](/C=C/[C@@H](O)CCc2ccccc2)[C@H](O)C[C@@H]1O. The molecule has 5 aliphatic rings. The lowest BCUT2D eigenvalue weighted by Crippen LogP contribution is -2.55. The largest absolute Gasteiger partial charge is 0.393 e. The molecule has 51 heavy (non-hydrogen) atoms. The second-order valence-electron chi connectivity index (χ2n) is 16.3. The second kappa shape index (κ2) is 15.4. The number of fused-ring (bicyclic) bond motifs is 5. The number of hydrogen-bond donors (Lipinski definition) is 4. The van der Waals surface area contributed by atoms with Crippen LogP contribution in [-0.4, -0.2) is 62.1 Å². The quantitative estimate of drug-likeness (QED) is 0.0867. The van der Waals surface area contributed by atoms with Crippen LogP contribution in [0.15, 0.2) is 77.9 Å². The molecule has 0 bridgehead atoms. The highest BCUT2D eigenvalue weighted by molar-refractivity contribution is 5.92. The Morgan fingerprint density at radius 3 is 2.61 bits per heavy atom. The summed E-state index contributed by atoms with van der Waals surface area (Å²) in [4.78, 5) is 38.4. The van der Waals surface area contributed by atoms with Crippen LogP contribution in [0.5, 0.6) is 0 Å². The smallest absolute Gasteiger partial charge is 0.346 e. The number of rotatable bonds is 12. The maximum absolute atomic E-state index is 13.5. The number of aryl methyl sites for hydroxylation is 1. The molecule has 1 aromatic rings. The van der Waals surface area contributed by atoms with Crippen molar-refractivity contribution in [2.24, 2.45) is 34.5 Å². The molecule has 0 unspecified atom stereocenters. The molecule has 0 saturated heterocycles. The number of aliphatic hydroxyl groups is 4. The molecule has 0 aliphatic heterocycles. The topological polar surface area (TPSA) is 141 Å². The third kappa shape index (κ3) is 7.53. The van der Waals surface area contributed by atoms with E-state index in [4.69, 9.17) is 4.74 Å². The molecule has 10 atom stereocenters. The monoisotopic (exact) mass is 700 g/mol. The van der Waals surface area contributed by atoms with E-state index in [2.05, 4.69) is 13.0 Å². The Kier molecular flexibility index (Phi) is 11.4. The summed E-state index contributed by atoms with van der Waals surface area (Å²) < 4.78 is 5.31. The number of allylic oxidation sites excluding steroid dienone is 6. The van der Waals surface area contributed by atoms with Gasteiger partial charge in [-0.05, 0) is 100 Å². The van der Waals surface area contributed by atoms with Crippen molar-refractivity contribution in [2.75, 3.05) is 0 Å². The predicted octanol–water partition coefficient (Wildman–Crippen LogP) is 6.26. The summed E-state index contributed by atoms with van der Waals surface area (Å²) in [6.45, 7) is 4.22. The maximum atomic E-state index is 13.5. The molecule has 3 fully saturated rings. The highest BCUT2D eigenvalue weighted by Crippen LogP contribution is 2.65. The number of esters is 2. The van der Waals surface area contributed by atoms with Crippen LogP contribution >= 0.6 is 0 Å². The van der Waals surface area contributed by atoms with E-state index in [0.717, 1.165) is 31.2 Å². The second-order valence-corrected chi connectivity index (χ2v) is 16.3. The first kappa shape index (κ1) is 37.6. The summed E-state index contributed by atoms with van der Waals surface area (Å²) in [7, 11) is 0. The van der Waals surface area contributed by atoms with Crippen LogP contribution < -0.4 is 0 Å². The van der Waals surface area contributed by atoms with Crippen LogP contribution in [-0.2, 0) is 25.5 Å². The average molecular weight is 701 g/mol. The van der Waals surface area contributed by atoms with E-state index in [1.54, 1.807) is 6.08 Å². The zero-order valence-corrected chi connectivity index (χ0v) is 30.2. The van der Waals surface area contributed by atoms with E-state index in [0.29, 0.717) is 44.9 Å². The van der Waals surface area contributed by atoms with Crippen LogP contribution in [0.1, 0.15) is 103 Å². The van der Waals surface area contributed by atoms with E-state index >= 15 is 0 Å². The van der Waals surface area contributed by atoms with Gasteiger partial charge in [0.1, 0.15) is 0 Å². The van der Waals surface area contributed by atoms with Gasteiger partial charge in [-0.3, -0.25) is 9.59 Å². The molecule has 0 amide bonds. The van der Waals surface area contributed by atoms with Crippen molar-refractivity contribution in [2.45, 2.75) is 128 Å². The molecule has 276 valence electrons. The van der Waals surface area contributed by atoms with Gasteiger partial charge in [0.2, 0.25) is 0 Å². The Hall–Kier alpha value is -3.17. The first-order valence-corrected chi connectivity index (χ1v) is 19.2. The molecule has 0 aromatic heterocycles. The summed E-state index contributed by atoms with van der Waals surface area (Å²) in [6.07, 6.45) is 17.4. The third-order valence-corrected chi connectivity index (χ3v) is 13.4. The van der Waals surface area contributed by atoms with Crippen LogP contribution in [0.25, 0.3) is 0 Å². The minimum Gasteiger partial charge on any atom is -0.393 e. The van der Waals surface area contributed by atoms with Crippen LogP contribution in [0.2, 0.25) is 0 Å². The molecular weight excluding hydrogens is 644 g/mol. The fraction of sp³-hybridized carbons (Fsp3) is 0.605. The minimum absolute atomic E-state index is 0.0438. The fourth-order valence-electron chi connectivity index (χ4n) is 10.2. The van der Waals surface area contributed by atoms with Crippen molar-refractivity contribution in [3.63, 3.8) is 0 Å². The summed E-state index contributed by atoms with van der Waals surface area (Å²) in [5.74, 6) is -1.38. The zero-order chi connectivity index (χ0) is 36.4. The van der Waals surface area contributed by atoms with E-state index < -0.39 is 41.3 Å². The molecule has 0 heterocycles. The van der Waals surface area contributed by atoms with Gasteiger partial charge in [0.15, 0.2) is 11.4 Å². The highest BCUT2D eigenvalue weighted by Gasteiger charge is 2.65. The van der Waals surface area contributed by atoms with Gasteiger partial charge in [0.05, 0.1) is 18.3 Å². The number of benzene rings is 1. The number of hydrogen-bond acceptors (Lipinski definition) is 8. The van der Waals surface area contributed by atoms with Gasteiger partial charge in [-0.25, -0.2) is 4.79 Å². The van der Waals surface area contributed by atoms with Crippen molar-refractivity contribution in [1.82, 2.24) is 0 Å². The van der Waals surface area contributed by atoms with Crippen molar-refractivity contribution in [3.05, 3.63) is 83.5 Å². The molecule has 5 aliphatic carbocycles. The van der Waals surface area contributed by atoms with Crippen LogP contribution in [0.4, 0.5) is 0 Å². The minimum atomic E-state index is -1.73. The van der Waals surface area contributed by atoms with Crippen LogP contribution in [0.3, 0.4) is 0 Å². The Bertz CT molecular complexity index is 1570. The van der Waals surface area contributed by atoms with Gasteiger partial charge in [0.25, 0.3) is 0 Å². The number of carbonyl (C=O) groups excluding carboxylic acids is 3. The lowest BCUT2D eigenvalue weighted by Gasteiger charge is -2.54. The van der Waals surface area contributed by atoms with Crippen LogP contribution in [0, 0.1) is 34.5 Å². The normalized spacial score (nSPS) is 36.7. The van der Waals surface area contributed by atoms with E-state index in [1.165, 1.54) is 11.1 Å². The number of ether oxygens (including phenoxy) is 1. The van der Waals surface area contributed by atoms with E-state index in [9.17, 15) is 34.8 Å². The van der Waals surface area contributed by atoms with E-state index in [-0.39, 0.29) is 54.1 Å². The maximum Gasteiger partial charge on any atom is 0.346 e. The standard InChI is InChI=1S/C43H56O8/c1-41-23-20-31(45)26-29(41)15-18-34-35(41)21-24-42(2)36(34)22-25-43(42,50)40(49)51-39(48)13-9-4-3-8-12-32-33(38(47)27-37(32)46)19-17-30(44)16-14-28-10-6-5-7-11-28/h3,5-8,10-11,17,19,21,26,30,32-34,36-38,44,46-47,50H,4,9,12-16,18,20,22-25,27H2,1-2H3/b8-3-,19-17+/t30-,32+,33+,34+,36-,37-,38+,41-,42-,43-/m0/s1. The number of ketones is 1. The average Bonchev–Trinajstić information content (AvgIpc) is 3.55. The number of unbranched alkanes of at least 4 members (excludes halogenated alkanes) is 1. The molecule has 4 N–H and O–H groups in total. The highest BCUT2D eigenvalue weighted by atomic mass is 16.6. The van der Waals surface area contributed by atoms with Crippen molar-refractivity contribution < 1.29 is 39.5 Å². The number of carbonyl (C=O) groups is 3. The van der Waals surface area contributed by atoms with Gasteiger partial charge in [0, 0.05) is 36.0 Å². The molecule has 1 aromatic carbocycles. The van der Waals surface area contributed by atoms with Gasteiger partial charge in [-0.2, -0.15) is 0 Å². The summed E-state index contributed by atoms with van der Waals surface area (Å²) in [5, 5.41) is 43.5. The Morgan fingerprint density at radius 1 is 1.04 bits per heavy atom. The van der Waals surface area contributed by atoms with Crippen molar-refractivity contribution in [3.8, 4) is 0 Å². The lowest BCUT2D eigenvalue weighted by molar-refractivity contribution is -0.185. The van der Waals surface area contributed by atoms with Crippen molar-refractivity contribution >= 4 is 17.7 Å². The molecule has 0 radical (unpaired) electrons. The zero-order valence-electron chi connectivity index (χ0n) is 30.2. The third-order valence-electron chi connectivity index (χ3n) is 13.4. The van der Waals surface area contributed by atoms with Gasteiger partial charge in [-0.15, -0.1) is 0 Å². The Morgan fingerprint density at radius 2 is 1.82 bits per heavy atom. The molecular formula is C43H56O8. The summed E-state index contributed by atoms with van der Waals surface area (Å²) in [5.41, 5.74) is 1.14.